The monoisotopic (exact) mass is 333 g/mol. The number of rotatable bonds is 5. The average Bonchev–Trinajstić information content (AvgIpc) is 2.94. The van der Waals surface area contributed by atoms with Crippen molar-refractivity contribution in [3.8, 4) is 0 Å². The fourth-order valence-electron chi connectivity index (χ4n) is 2.99. The first-order valence-corrected chi connectivity index (χ1v) is 8.58. The summed E-state index contributed by atoms with van der Waals surface area (Å²) in [6.45, 7) is 9.00. The summed E-state index contributed by atoms with van der Waals surface area (Å²) >= 11 is 5.97. The highest BCUT2D eigenvalue weighted by molar-refractivity contribution is 6.30. The predicted molar refractivity (Wildman–Crippen MR) is 92.5 cm³/mol. The lowest BCUT2D eigenvalue weighted by Gasteiger charge is -2.33. The third kappa shape index (κ3) is 4.34. The molecule has 0 bridgehead atoms. The Kier molecular flexibility index (Phi) is 5.36. The molecule has 2 aromatic rings. The van der Waals surface area contributed by atoms with Gasteiger partial charge in [0.2, 0.25) is 0 Å². The molecular formula is C18H24ClN3O. The van der Waals surface area contributed by atoms with Crippen LogP contribution >= 0.6 is 11.6 Å². The van der Waals surface area contributed by atoms with Crippen molar-refractivity contribution in [1.82, 2.24) is 14.5 Å². The molecule has 5 heteroatoms. The number of halogens is 1. The van der Waals surface area contributed by atoms with Gasteiger partial charge in [0, 0.05) is 37.4 Å². The number of hydrogen-bond acceptors (Lipinski definition) is 3. The SMILES string of the molecule is CC(C)Cn1cncc1CN1CCO[C@@H](c2ccc(Cl)cc2)C1. The number of aromatic nitrogens is 2. The molecule has 0 spiro atoms. The van der Waals surface area contributed by atoms with Crippen molar-refractivity contribution < 1.29 is 4.74 Å². The van der Waals surface area contributed by atoms with Crippen LogP contribution in [0, 0.1) is 5.92 Å². The van der Waals surface area contributed by atoms with Crippen molar-refractivity contribution in [1.29, 1.82) is 0 Å². The van der Waals surface area contributed by atoms with Crippen LogP contribution in [-0.2, 0) is 17.8 Å². The van der Waals surface area contributed by atoms with Crippen LogP contribution in [0.4, 0.5) is 0 Å². The second-order valence-corrected chi connectivity index (χ2v) is 7.01. The molecule has 1 aliphatic heterocycles. The Bertz CT molecular complexity index is 623. The molecule has 1 aromatic carbocycles. The van der Waals surface area contributed by atoms with Crippen LogP contribution in [-0.4, -0.2) is 34.1 Å². The number of nitrogens with zero attached hydrogens (tertiary/aromatic N) is 3. The van der Waals surface area contributed by atoms with Gasteiger partial charge in [-0.05, 0) is 23.6 Å². The Labute approximate surface area is 143 Å². The summed E-state index contributed by atoms with van der Waals surface area (Å²) < 4.78 is 8.20. The molecule has 1 fully saturated rings. The van der Waals surface area contributed by atoms with Gasteiger partial charge in [0.15, 0.2) is 0 Å². The van der Waals surface area contributed by atoms with Crippen LogP contribution in [0.2, 0.25) is 5.02 Å². The number of hydrogen-bond donors (Lipinski definition) is 0. The van der Waals surface area contributed by atoms with Crippen molar-refractivity contribution in [2.24, 2.45) is 5.92 Å². The first kappa shape index (κ1) is 16.5. The summed E-state index contributed by atoms with van der Waals surface area (Å²) in [4.78, 5) is 6.76. The third-order valence-electron chi connectivity index (χ3n) is 4.14. The zero-order valence-corrected chi connectivity index (χ0v) is 14.5. The van der Waals surface area contributed by atoms with Gasteiger partial charge in [0.25, 0.3) is 0 Å². The van der Waals surface area contributed by atoms with Crippen molar-refractivity contribution >= 4 is 11.6 Å². The smallest absolute Gasteiger partial charge is 0.0952 e. The first-order valence-electron chi connectivity index (χ1n) is 8.20. The van der Waals surface area contributed by atoms with Crippen molar-refractivity contribution in [3.63, 3.8) is 0 Å². The van der Waals surface area contributed by atoms with E-state index in [1.807, 2.05) is 24.7 Å². The van der Waals surface area contributed by atoms with Gasteiger partial charge in [-0.15, -0.1) is 0 Å². The van der Waals surface area contributed by atoms with E-state index in [0.29, 0.717) is 5.92 Å². The normalized spacial score (nSPS) is 19.4. The number of benzene rings is 1. The Hall–Kier alpha value is -1.36. The van der Waals surface area contributed by atoms with Gasteiger partial charge in [-0.3, -0.25) is 4.90 Å². The molecule has 2 heterocycles. The molecule has 1 aliphatic rings. The molecule has 124 valence electrons. The van der Waals surface area contributed by atoms with E-state index in [-0.39, 0.29) is 6.10 Å². The molecular weight excluding hydrogens is 310 g/mol. The van der Waals surface area contributed by atoms with Crippen LogP contribution in [0.5, 0.6) is 0 Å². The summed E-state index contributed by atoms with van der Waals surface area (Å²) in [5.74, 6) is 0.620. The maximum atomic E-state index is 5.97. The van der Waals surface area contributed by atoms with Crippen LogP contribution in [0.1, 0.15) is 31.2 Å². The van der Waals surface area contributed by atoms with E-state index in [2.05, 4.69) is 40.4 Å². The fourth-order valence-corrected chi connectivity index (χ4v) is 3.12. The third-order valence-corrected chi connectivity index (χ3v) is 4.39. The molecule has 1 aromatic heterocycles. The quantitative estimate of drug-likeness (QED) is 0.834. The molecule has 0 aliphatic carbocycles. The summed E-state index contributed by atoms with van der Waals surface area (Å²) in [5, 5.41) is 0.763. The summed E-state index contributed by atoms with van der Waals surface area (Å²) in [5.41, 5.74) is 2.46. The molecule has 4 nitrogen and oxygen atoms in total. The van der Waals surface area contributed by atoms with E-state index in [9.17, 15) is 0 Å². The highest BCUT2D eigenvalue weighted by Crippen LogP contribution is 2.24. The lowest BCUT2D eigenvalue weighted by Crippen LogP contribution is -2.38. The molecule has 3 rings (SSSR count). The summed E-state index contributed by atoms with van der Waals surface area (Å²) in [6, 6.07) is 7.97. The molecule has 23 heavy (non-hydrogen) atoms. The minimum atomic E-state index is 0.113. The van der Waals surface area contributed by atoms with Gasteiger partial charge in [0.1, 0.15) is 0 Å². The minimum absolute atomic E-state index is 0.113. The topological polar surface area (TPSA) is 30.3 Å². The van der Waals surface area contributed by atoms with Crippen molar-refractivity contribution in [2.45, 2.75) is 33.0 Å². The average molecular weight is 334 g/mol. The lowest BCUT2D eigenvalue weighted by atomic mass is 10.1. The van der Waals surface area contributed by atoms with E-state index in [0.717, 1.165) is 37.8 Å². The minimum Gasteiger partial charge on any atom is -0.371 e. The maximum absolute atomic E-state index is 5.97. The van der Waals surface area contributed by atoms with E-state index in [4.69, 9.17) is 16.3 Å². The van der Waals surface area contributed by atoms with Gasteiger partial charge in [0.05, 0.1) is 24.7 Å². The fraction of sp³-hybridized carbons (Fsp3) is 0.500. The molecule has 0 amide bonds. The van der Waals surface area contributed by atoms with Crippen LogP contribution in [0.25, 0.3) is 0 Å². The lowest BCUT2D eigenvalue weighted by molar-refractivity contribution is -0.0336. The predicted octanol–water partition coefficient (Wildman–Crippen LogP) is 3.77. The standard InChI is InChI=1S/C18H24ClN3O/c1-14(2)10-22-13-20-9-17(22)11-21-7-8-23-18(12-21)15-3-5-16(19)6-4-15/h3-6,9,13-14,18H,7-8,10-12H2,1-2H3/t18-/m1/s1. The molecule has 0 N–H and O–H groups in total. The van der Waals surface area contributed by atoms with Gasteiger partial charge in [-0.2, -0.15) is 0 Å². The number of morpholine rings is 1. The van der Waals surface area contributed by atoms with Gasteiger partial charge in [-0.25, -0.2) is 4.98 Å². The largest absolute Gasteiger partial charge is 0.371 e. The van der Waals surface area contributed by atoms with Gasteiger partial charge in [-0.1, -0.05) is 37.6 Å². The van der Waals surface area contributed by atoms with Gasteiger partial charge < -0.3 is 9.30 Å². The van der Waals surface area contributed by atoms with Crippen LogP contribution in [0.15, 0.2) is 36.8 Å². The highest BCUT2D eigenvalue weighted by Gasteiger charge is 2.22. The second-order valence-electron chi connectivity index (χ2n) is 6.58. The van der Waals surface area contributed by atoms with E-state index < -0.39 is 0 Å². The number of ether oxygens (including phenoxy) is 1. The van der Waals surface area contributed by atoms with Crippen LogP contribution in [0.3, 0.4) is 0 Å². The molecule has 1 atom stereocenters. The molecule has 0 saturated carbocycles. The second kappa shape index (κ2) is 7.47. The van der Waals surface area contributed by atoms with E-state index >= 15 is 0 Å². The molecule has 1 saturated heterocycles. The summed E-state index contributed by atoms with van der Waals surface area (Å²) in [6.07, 6.45) is 4.03. The number of imidazole rings is 1. The zero-order chi connectivity index (χ0) is 16.2. The Balaban J connectivity index is 1.65. The van der Waals surface area contributed by atoms with Crippen molar-refractivity contribution in [3.05, 3.63) is 53.1 Å². The highest BCUT2D eigenvalue weighted by atomic mass is 35.5. The maximum Gasteiger partial charge on any atom is 0.0952 e. The van der Waals surface area contributed by atoms with E-state index in [1.54, 1.807) is 0 Å². The van der Waals surface area contributed by atoms with Crippen molar-refractivity contribution in [2.75, 3.05) is 19.7 Å². The van der Waals surface area contributed by atoms with E-state index in [1.165, 1.54) is 11.3 Å². The Morgan fingerprint density at radius 2 is 2.09 bits per heavy atom. The first-order chi connectivity index (χ1) is 11.1. The molecule has 0 unspecified atom stereocenters. The van der Waals surface area contributed by atoms with Crippen LogP contribution < -0.4 is 0 Å². The Morgan fingerprint density at radius 1 is 1.30 bits per heavy atom. The zero-order valence-electron chi connectivity index (χ0n) is 13.8. The Morgan fingerprint density at radius 3 is 2.83 bits per heavy atom. The summed E-state index contributed by atoms with van der Waals surface area (Å²) in [7, 11) is 0. The molecule has 0 radical (unpaired) electrons. The van der Waals surface area contributed by atoms with Gasteiger partial charge >= 0.3 is 0 Å².